The van der Waals surface area contributed by atoms with Gasteiger partial charge in [-0.2, -0.15) is 5.10 Å². The zero-order chi connectivity index (χ0) is 14.0. The molecular weight excluding hydrogens is 252 g/mol. The molecule has 8 heteroatoms. The zero-order valence-corrected chi connectivity index (χ0v) is 9.85. The molecule has 0 spiro atoms. The molecule has 2 rings (SSSR count). The molecule has 2 aromatic rings. The van der Waals surface area contributed by atoms with E-state index in [9.17, 15) is 14.4 Å². The van der Waals surface area contributed by atoms with Crippen molar-refractivity contribution >= 4 is 17.6 Å². The third-order valence-electron chi connectivity index (χ3n) is 2.33. The monoisotopic (exact) mass is 262 g/mol. The van der Waals surface area contributed by atoms with Crippen molar-refractivity contribution < 1.29 is 14.7 Å². The number of nitrogens with zero attached hydrogens (tertiary/aromatic N) is 1. The number of aryl methyl sites for hydroxylation is 1. The highest BCUT2D eigenvalue weighted by Gasteiger charge is 2.16. The van der Waals surface area contributed by atoms with E-state index >= 15 is 0 Å². The number of H-pyrrole nitrogens is 2. The molecule has 0 aliphatic rings. The SMILES string of the molecule is Cc1cc(NC(=O)c2ccc(=O)[nH]n2)c(C(=O)O)[nH]1. The smallest absolute Gasteiger partial charge is 0.354 e. The maximum atomic E-state index is 11.8. The Kier molecular flexibility index (Phi) is 3.15. The molecule has 0 aromatic carbocycles. The number of aromatic amines is 2. The van der Waals surface area contributed by atoms with Crippen LogP contribution in [0.2, 0.25) is 0 Å². The molecule has 4 N–H and O–H groups in total. The van der Waals surface area contributed by atoms with Gasteiger partial charge in [0.15, 0.2) is 0 Å². The van der Waals surface area contributed by atoms with Gasteiger partial charge in [0.05, 0.1) is 5.69 Å². The Bertz CT molecular complexity index is 680. The number of hydrogen-bond donors (Lipinski definition) is 4. The third-order valence-corrected chi connectivity index (χ3v) is 2.33. The van der Waals surface area contributed by atoms with Crippen LogP contribution < -0.4 is 10.9 Å². The van der Waals surface area contributed by atoms with Crippen molar-refractivity contribution in [1.82, 2.24) is 15.2 Å². The lowest BCUT2D eigenvalue weighted by Crippen LogP contribution is -2.18. The van der Waals surface area contributed by atoms with E-state index in [0.717, 1.165) is 6.07 Å². The maximum Gasteiger partial charge on any atom is 0.354 e. The molecule has 0 aliphatic carbocycles. The number of nitrogens with one attached hydrogen (secondary N) is 3. The number of aromatic carboxylic acids is 1. The summed E-state index contributed by atoms with van der Waals surface area (Å²) in [7, 11) is 0. The molecule has 0 saturated carbocycles. The number of amides is 1. The topological polar surface area (TPSA) is 128 Å². The second kappa shape index (κ2) is 4.77. The van der Waals surface area contributed by atoms with Gasteiger partial charge in [-0.3, -0.25) is 9.59 Å². The summed E-state index contributed by atoms with van der Waals surface area (Å²) < 4.78 is 0. The van der Waals surface area contributed by atoms with Crippen molar-refractivity contribution in [3.63, 3.8) is 0 Å². The molecule has 0 fully saturated rings. The summed E-state index contributed by atoms with van der Waals surface area (Å²) in [6, 6.07) is 3.89. The van der Waals surface area contributed by atoms with Gasteiger partial charge in [-0.1, -0.05) is 0 Å². The Hall–Kier alpha value is -2.90. The van der Waals surface area contributed by atoms with E-state index in [-0.39, 0.29) is 17.1 Å². The van der Waals surface area contributed by atoms with Crippen molar-refractivity contribution in [1.29, 1.82) is 0 Å². The van der Waals surface area contributed by atoms with Crippen LogP contribution in [-0.2, 0) is 0 Å². The summed E-state index contributed by atoms with van der Waals surface area (Å²) in [6.45, 7) is 1.67. The maximum absolute atomic E-state index is 11.8. The molecule has 0 bridgehead atoms. The quantitative estimate of drug-likeness (QED) is 0.634. The largest absolute Gasteiger partial charge is 0.477 e. The second-order valence-electron chi connectivity index (χ2n) is 3.81. The number of carboxylic acid groups (broad SMARTS) is 1. The summed E-state index contributed by atoms with van der Waals surface area (Å²) in [5.41, 5.74) is 0.176. The molecule has 0 radical (unpaired) electrons. The first-order chi connectivity index (χ1) is 8.97. The van der Waals surface area contributed by atoms with Gasteiger partial charge < -0.3 is 15.4 Å². The lowest BCUT2D eigenvalue weighted by Gasteiger charge is -2.02. The van der Waals surface area contributed by atoms with Crippen molar-refractivity contribution in [2.24, 2.45) is 0 Å². The predicted octanol–water partition coefficient (Wildman–Crippen LogP) is 0.357. The zero-order valence-electron chi connectivity index (χ0n) is 9.85. The Morgan fingerprint density at radius 1 is 1.37 bits per heavy atom. The first-order valence-corrected chi connectivity index (χ1v) is 5.27. The van der Waals surface area contributed by atoms with Crippen LogP contribution in [0.4, 0.5) is 5.69 Å². The molecule has 0 unspecified atom stereocenters. The number of carbonyl (C=O) groups is 2. The number of aromatic nitrogens is 3. The minimum atomic E-state index is -1.18. The van der Waals surface area contributed by atoms with Crippen LogP contribution in [0.1, 0.15) is 26.7 Å². The second-order valence-corrected chi connectivity index (χ2v) is 3.81. The van der Waals surface area contributed by atoms with Crippen molar-refractivity contribution in [2.75, 3.05) is 5.32 Å². The van der Waals surface area contributed by atoms with Crippen molar-refractivity contribution in [3.05, 3.63) is 45.6 Å². The first kappa shape index (κ1) is 12.6. The van der Waals surface area contributed by atoms with E-state index in [2.05, 4.69) is 20.5 Å². The average molecular weight is 262 g/mol. The van der Waals surface area contributed by atoms with Gasteiger partial charge in [0.25, 0.3) is 11.5 Å². The Morgan fingerprint density at radius 3 is 2.68 bits per heavy atom. The van der Waals surface area contributed by atoms with Crippen LogP contribution >= 0.6 is 0 Å². The van der Waals surface area contributed by atoms with E-state index in [1.54, 1.807) is 6.92 Å². The molecule has 1 amide bonds. The van der Waals surface area contributed by atoms with Gasteiger partial charge in [-0.15, -0.1) is 0 Å². The summed E-state index contributed by atoms with van der Waals surface area (Å²) >= 11 is 0. The Balaban J connectivity index is 2.26. The standard InChI is InChI=1S/C11H10N4O4/c1-5-4-7(9(12-5)11(18)19)13-10(17)6-2-3-8(16)15-14-6/h2-4,12H,1H3,(H,13,17)(H,15,16)(H,18,19). The lowest BCUT2D eigenvalue weighted by molar-refractivity contribution is 0.0692. The fraction of sp³-hybridized carbons (Fsp3) is 0.0909. The van der Waals surface area contributed by atoms with Gasteiger partial charge in [0, 0.05) is 11.8 Å². The number of carbonyl (C=O) groups excluding carboxylic acids is 1. The van der Waals surface area contributed by atoms with Gasteiger partial charge >= 0.3 is 5.97 Å². The molecule has 8 nitrogen and oxygen atoms in total. The predicted molar refractivity (Wildman–Crippen MR) is 65.3 cm³/mol. The van der Waals surface area contributed by atoms with E-state index in [4.69, 9.17) is 5.11 Å². The summed E-state index contributed by atoms with van der Waals surface area (Å²) in [4.78, 5) is 36.2. The molecule has 0 aliphatic heterocycles. The fourth-order valence-corrected chi connectivity index (χ4v) is 1.51. The molecule has 2 aromatic heterocycles. The van der Waals surface area contributed by atoms with Crippen LogP contribution in [0.3, 0.4) is 0 Å². The van der Waals surface area contributed by atoms with E-state index in [1.165, 1.54) is 12.1 Å². The number of rotatable bonds is 3. The third kappa shape index (κ3) is 2.68. The number of anilines is 1. The normalized spacial score (nSPS) is 10.2. The van der Waals surface area contributed by atoms with Gasteiger partial charge in [0.1, 0.15) is 11.4 Å². The summed E-state index contributed by atoms with van der Waals surface area (Å²) in [5.74, 6) is -1.80. The minimum absolute atomic E-state index is 0.0187. The fourth-order valence-electron chi connectivity index (χ4n) is 1.51. The minimum Gasteiger partial charge on any atom is -0.477 e. The van der Waals surface area contributed by atoms with E-state index in [1.807, 2.05) is 0 Å². The van der Waals surface area contributed by atoms with Crippen LogP contribution in [0.5, 0.6) is 0 Å². The number of carboxylic acids is 1. The summed E-state index contributed by atoms with van der Waals surface area (Å²) in [6.07, 6.45) is 0. The van der Waals surface area contributed by atoms with Gasteiger partial charge in [-0.25, -0.2) is 9.89 Å². The van der Waals surface area contributed by atoms with Crippen LogP contribution in [0.25, 0.3) is 0 Å². The molecule has 0 saturated heterocycles. The van der Waals surface area contributed by atoms with Crippen molar-refractivity contribution in [2.45, 2.75) is 6.92 Å². The Morgan fingerprint density at radius 2 is 2.11 bits per heavy atom. The number of hydrogen-bond acceptors (Lipinski definition) is 4. The van der Waals surface area contributed by atoms with E-state index < -0.39 is 17.4 Å². The lowest BCUT2D eigenvalue weighted by atomic mass is 10.3. The summed E-state index contributed by atoms with van der Waals surface area (Å²) in [5, 5.41) is 17.0. The first-order valence-electron chi connectivity index (χ1n) is 5.27. The van der Waals surface area contributed by atoms with Crippen LogP contribution in [0, 0.1) is 6.92 Å². The molecular formula is C11H10N4O4. The highest BCUT2D eigenvalue weighted by Crippen LogP contribution is 2.17. The molecule has 98 valence electrons. The van der Waals surface area contributed by atoms with Crippen molar-refractivity contribution in [3.8, 4) is 0 Å². The van der Waals surface area contributed by atoms with E-state index in [0.29, 0.717) is 5.69 Å². The van der Waals surface area contributed by atoms with Gasteiger partial charge in [0.2, 0.25) is 0 Å². The highest BCUT2D eigenvalue weighted by molar-refractivity contribution is 6.06. The molecule has 2 heterocycles. The molecule has 19 heavy (non-hydrogen) atoms. The van der Waals surface area contributed by atoms with Crippen LogP contribution in [0.15, 0.2) is 23.0 Å². The highest BCUT2D eigenvalue weighted by atomic mass is 16.4. The average Bonchev–Trinajstić information content (AvgIpc) is 2.71. The Labute approximate surface area is 106 Å². The molecule has 0 atom stereocenters. The van der Waals surface area contributed by atoms with Crippen LogP contribution in [-0.4, -0.2) is 32.2 Å². The van der Waals surface area contributed by atoms with Gasteiger partial charge in [-0.05, 0) is 19.1 Å².